The molecule has 0 aliphatic rings. The van der Waals surface area contributed by atoms with Crippen LogP contribution in [0, 0.1) is 0 Å². The van der Waals surface area contributed by atoms with Crippen LogP contribution in [0.4, 0.5) is 0 Å². The maximum Gasteiger partial charge on any atom is 0.261 e. The van der Waals surface area contributed by atoms with E-state index in [0.717, 1.165) is 25.9 Å². The summed E-state index contributed by atoms with van der Waals surface area (Å²) >= 11 is 0. The van der Waals surface area contributed by atoms with Gasteiger partial charge in [-0.15, -0.1) is 0 Å². The number of aromatic nitrogens is 2. The van der Waals surface area contributed by atoms with Crippen LogP contribution in [-0.2, 0) is 25.9 Å². The zero-order chi connectivity index (χ0) is 31.1. The van der Waals surface area contributed by atoms with Crippen LogP contribution in [0.2, 0.25) is 0 Å². The number of aryl methyl sites for hydroxylation is 1. The third-order valence-electron chi connectivity index (χ3n) is 9.62. The molecular weight excluding hydrogens is 532 g/mol. The second kappa shape index (κ2) is 23.1. The summed E-state index contributed by atoms with van der Waals surface area (Å²) in [7, 11) is 0. The third-order valence-corrected chi connectivity index (χ3v) is 9.62. The zero-order valence-electron chi connectivity index (χ0n) is 29.1. The van der Waals surface area contributed by atoms with Crippen molar-refractivity contribution in [1.29, 1.82) is 0 Å². The summed E-state index contributed by atoms with van der Waals surface area (Å²) in [6.45, 7) is 9.29. The number of nitrogens with zero attached hydrogens (tertiary/aromatic N) is 2. The van der Waals surface area contributed by atoms with Crippen molar-refractivity contribution in [3.63, 3.8) is 0 Å². The lowest BCUT2D eigenvalue weighted by molar-refractivity contribution is -0.704. The quantitative estimate of drug-likeness (QED) is 0.0641. The van der Waals surface area contributed by atoms with Crippen molar-refractivity contribution in [3.8, 4) is 0 Å². The maximum absolute atomic E-state index is 2.68. The van der Waals surface area contributed by atoms with Crippen molar-refractivity contribution in [2.45, 2.75) is 175 Å². The minimum Gasteiger partial charge on any atom is -0.234 e. The van der Waals surface area contributed by atoms with Gasteiger partial charge in [0, 0.05) is 6.42 Å². The molecule has 0 saturated carbocycles. The largest absolute Gasteiger partial charge is 0.261 e. The first-order valence-electron chi connectivity index (χ1n) is 18.9. The van der Waals surface area contributed by atoms with E-state index in [0.29, 0.717) is 5.92 Å². The highest BCUT2D eigenvalue weighted by molar-refractivity contribution is 5.22. The third kappa shape index (κ3) is 14.2. The second-order valence-corrected chi connectivity index (χ2v) is 13.6. The van der Waals surface area contributed by atoms with Gasteiger partial charge in [0.25, 0.3) is 5.82 Å². The lowest BCUT2D eigenvalue weighted by atomic mass is 9.96. The molecular formula is C42H67N2+. The van der Waals surface area contributed by atoms with Gasteiger partial charge in [0.05, 0.1) is 19.5 Å². The van der Waals surface area contributed by atoms with E-state index in [9.17, 15) is 0 Å². The SMILES string of the molecule is CCCCCCCCCCCCCCCCCCC[n+]1cc(CC(C)c2ccccc2)n(CCCC)c1Cc1ccccc1. The fourth-order valence-electron chi connectivity index (χ4n) is 6.79. The monoisotopic (exact) mass is 600 g/mol. The Kier molecular flexibility index (Phi) is 18.9. The molecule has 44 heavy (non-hydrogen) atoms. The van der Waals surface area contributed by atoms with E-state index in [-0.39, 0.29) is 0 Å². The Bertz CT molecular complexity index is 1080. The summed E-state index contributed by atoms with van der Waals surface area (Å²) in [5.74, 6) is 2.02. The molecule has 1 heterocycles. The van der Waals surface area contributed by atoms with E-state index >= 15 is 0 Å². The summed E-state index contributed by atoms with van der Waals surface area (Å²) in [5, 5.41) is 0. The van der Waals surface area contributed by atoms with Gasteiger partial charge in [0.15, 0.2) is 0 Å². The summed E-state index contributed by atoms with van der Waals surface area (Å²) in [6.07, 6.45) is 31.3. The lowest BCUT2D eigenvalue weighted by Gasteiger charge is -2.11. The lowest BCUT2D eigenvalue weighted by Crippen LogP contribution is -2.37. The van der Waals surface area contributed by atoms with Crippen LogP contribution in [0.25, 0.3) is 0 Å². The first-order chi connectivity index (χ1) is 21.7. The molecule has 3 aromatic rings. The van der Waals surface area contributed by atoms with E-state index in [1.165, 1.54) is 145 Å². The normalized spacial score (nSPS) is 12.2. The highest BCUT2D eigenvalue weighted by Gasteiger charge is 2.24. The first-order valence-corrected chi connectivity index (χ1v) is 18.9. The van der Waals surface area contributed by atoms with E-state index in [1.54, 1.807) is 0 Å². The standard InChI is InChI=1S/C42H67N2/c1-4-6-8-9-10-11-12-13-14-15-16-17-18-19-20-21-28-33-43-37-41(35-38(3)40-31-26-23-27-32-40)44(34-7-5-2)42(43)36-39-29-24-22-25-30-39/h22-27,29-32,37-38H,4-21,28,33-36H2,1-3H3/q+1. The summed E-state index contributed by atoms with van der Waals surface area (Å²) in [6, 6.07) is 22.2. The molecule has 0 N–H and O–H groups in total. The molecule has 2 aromatic carbocycles. The molecule has 0 fully saturated rings. The molecule has 0 bridgehead atoms. The predicted molar refractivity (Wildman–Crippen MR) is 192 cm³/mol. The molecule has 0 aliphatic heterocycles. The van der Waals surface area contributed by atoms with Crippen LogP contribution in [-0.4, -0.2) is 4.57 Å². The van der Waals surface area contributed by atoms with Crippen LogP contribution in [0.15, 0.2) is 66.9 Å². The van der Waals surface area contributed by atoms with Gasteiger partial charge in [-0.05, 0) is 36.3 Å². The van der Waals surface area contributed by atoms with Crippen molar-refractivity contribution in [2.75, 3.05) is 0 Å². The van der Waals surface area contributed by atoms with Gasteiger partial charge in [0.1, 0.15) is 11.9 Å². The number of rotatable bonds is 26. The number of imidazole rings is 1. The second-order valence-electron chi connectivity index (χ2n) is 13.6. The maximum atomic E-state index is 2.68. The van der Waals surface area contributed by atoms with Gasteiger partial charge < -0.3 is 0 Å². The molecule has 0 saturated heterocycles. The first kappa shape index (κ1) is 36.1. The topological polar surface area (TPSA) is 8.81 Å². The molecule has 0 aliphatic carbocycles. The van der Waals surface area contributed by atoms with Crippen molar-refractivity contribution in [2.24, 2.45) is 0 Å². The van der Waals surface area contributed by atoms with Gasteiger partial charge in [-0.2, -0.15) is 0 Å². The average Bonchev–Trinajstić information content (AvgIpc) is 3.36. The Hall–Kier alpha value is -2.35. The Labute approximate surface area is 272 Å². The Morgan fingerprint density at radius 3 is 1.57 bits per heavy atom. The molecule has 0 radical (unpaired) electrons. The van der Waals surface area contributed by atoms with Gasteiger partial charge in [0.2, 0.25) is 0 Å². The molecule has 2 nitrogen and oxygen atoms in total. The Morgan fingerprint density at radius 2 is 1.05 bits per heavy atom. The molecule has 244 valence electrons. The van der Waals surface area contributed by atoms with E-state index in [4.69, 9.17) is 0 Å². The summed E-state index contributed by atoms with van der Waals surface area (Å²) in [4.78, 5) is 0. The van der Waals surface area contributed by atoms with Gasteiger partial charge in [-0.1, -0.05) is 184 Å². The molecule has 0 amide bonds. The highest BCUT2D eigenvalue weighted by Crippen LogP contribution is 2.22. The fraction of sp³-hybridized carbons (Fsp3) is 0.643. The predicted octanol–water partition coefficient (Wildman–Crippen LogP) is 12.2. The van der Waals surface area contributed by atoms with Gasteiger partial charge >= 0.3 is 0 Å². The molecule has 1 aromatic heterocycles. The molecule has 2 heteroatoms. The smallest absolute Gasteiger partial charge is 0.234 e. The number of benzene rings is 2. The van der Waals surface area contributed by atoms with Crippen molar-refractivity contribution in [3.05, 3.63) is 89.5 Å². The van der Waals surface area contributed by atoms with E-state index in [2.05, 4.69) is 96.8 Å². The Balaban J connectivity index is 1.43. The van der Waals surface area contributed by atoms with Crippen molar-refractivity contribution in [1.82, 2.24) is 4.57 Å². The number of hydrogen-bond acceptors (Lipinski definition) is 0. The van der Waals surface area contributed by atoms with Gasteiger partial charge in [-0.25, -0.2) is 9.13 Å². The molecule has 1 unspecified atom stereocenters. The van der Waals surface area contributed by atoms with E-state index in [1.807, 2.05) is 0 Å². The zero-order valence-corrected chi connectivity index (χ0v) is 29.1. The molecule has 3 rings (SSSR count). The Morgan fingerprint density at radius 1 is 0.568 bits per heavy atom. The van der Waals surface area contributed by atoms with Crippen LogP contribution < -0.4 is 4.57 Å². The van der Waals surface area contributed by atoms with Crippen LogP contribution in [0.1, 0.15) is 171 Å². The summed E-state index contributed by atoms with van der Waals surface area (Å²) < 4.78 is 5.31. The van der Waals surface area contributed by atoms with Crippen LogP contribution in [0.5, 0.6) is 0 Å². The van der Waals surface area contributed by atoms with Crippen LogP contribution >= 0.6 is 0 Å². The number of unbranched alkanes of at least 4 members (excludes halogenated alkanes) is 17. The molecule has 0 spiro atoms. The average molecular weight is 600 g/mol. The van der Waals surface area contributed by atoms with E-state index < -0.39 is 0 Å². The minimum absolute atomic E-state index is 0.518. The number of hydrogen-bond donors (Lipinski definition) is 0. The van der Waals surface area contributed by atoms with Crippen molar-refractivity contribution < 1.29 is 4.57 Å². The van der Waals surface area contributed by atoms with Crippen LogP contribution in [0.3, 0.4) is 0 Å². The van der Waals surface area contributed by atoms with Crippen molar-refractivity contribution >= 4 is 0 Å². The summed E-state index contributed by atoms with van der Waals surface area (Å²) in [5.41, 5.74) is 4.37. The highest BCUT2D eigenvalue weighted by atomic mass is 15.2. The minimum atomic E-state index is 0.518. The molecule has 1 atom stereocenters. The van der Waals surface area contributed by atoms with Gasteiger partial charge in [-0.3, -0.25) is 0 Å². The fourth-order valence-corrected chi connectivity index (χ4v) is 6.79.